The number of hydrogen-bond donors (Lipinski definition) is 0. The zero-order chi connectivity index (χ0) is 7.28. The Morgan fingerprint density at radius 1 is 1.36 bits per heavy atom. The first-order valence-electron chi connectivity index (χ1n) is 3.37. The number of rotatable bonds is 4. The molecule has 0 aromatic carbocycles. The van der Waals surface area contributed by atoms with Crippen LogP contribution in [0.2, 0.25) is 0 Å². The van der Waals surface area contributed by atoms with Gasteiger partial charge in [0, 0.05) is 6.42 Å². The van der Waals surface area contributed by atoms with Crippen molar-refractivity contribution in [2.24, 2.45) is 0 Å². The summed E-state index contributed by atoms with van der Waals surface area (Å²) in [6.45, 7) is 7.40. The van der Waals surface area contributed by atoms with E-state index in [1.54, 1.807) is 6.92 Å². The van der Waals surface area contributed by atoms with Gasteiger partial charge in [-0.3, -0.25) is 4.79 Å². The molecule has 0 aliphatic carbocycles. The minimum absolute atomic E-state index is 0. The van der Waals surface area contributed by atoms with Crippen LogP contribution in [0.1, 0.15) is 48.0 Å². The molecular formula is C10H22O. The van der Waals surface area contributed by atoms with Crippen molar-refractivity contribution in [3.8, 4) is 0 Å². The lowest BCUT2D eigenvalue weighted by atomic mass is 10.1. The first-order chi connectivity index (χ1) is 4.18. The van der Waals surface area contributed by atoms with Crippen LogP contribution in [0.25, 0.3) is 0 Å². The third-order valence-electron chi connectivity index (χ3n) is 1.23. The van der Waals surface area contributed by atoms with E-state index in [1.807, 2.05) is 0 Å². The standard InChI is InChI=1S/C8H14O.2CH4/c1-4-5-6-8(9)7(2)3;;/h2,4-6H2,1,3H3;2*1H4. The molecule has 0 aromatic heterocycles. The van der Waals surface area contributed by atoms with Crippen molar-refractivity contribution in [3.05, 3.63) is 12.2 Å². The molecule has 0 N–H and O–H groups in total. The molecule has 0 bridgehead atoms. The lowest BCUT2D eigenvalue weighted by Gasteiger charge is -1.94. The Morgan fingerprint density at radius 2 is 1.82 bits per heavy atom. The summed E-state index contributed by atoms with van der Waals surface area (Å²) in [5, 5.41) is 0. The summed E-state index contributed by atoms with van der Waals surface area (Å²) in [6, 6.07) is 0. The van der Waals surface area contributed by atoms with Gasteiger partial charge in [0.15, 0.2) is 5.78 Å². The highest BCUT2D eigenvalue weighted by Crippen LogP contribution is 2.00. The third kappa shape index (κ3) is 9.41. The SMILES string of the molecule is C.C.C=C(C)C(=O)CCCC. The van der Waals surface area contributed by atoms with Gasteiger partial charge in [0.25, 0.3) is 0 Å². The van der Waals surface area contributed by atoms with Crippen molar-refractivity contribution in [1.29, 1.82) is 0 Å². The van der Waals surface area contributed by atoms with E-state index in [-0.39, 0.29) is 20.6 Å². The van der Waals surface area contributed by atoms with E-state index in [4.69, 9.17) is 0 Å². The van der Waals surface area contributed by atoms with Gasteiger partial charge in [-0.05, 0) is 18.9 Å². The second-order valence-electron chi connectivity index (χ2n) is 2.31. The molecule has 0 saturated heterocycles. The number of hydrogen-bond acceptors (Lipinski definition) is 1. The molecule has 68 valence electrons. The zero-order valence-electron chi connectivity index (χ0n) is 6.24. The number of allylic oxidation sites excluding steroid dienone is 1. The van der Waals surface area contributed by atoms with Crippen LogP contribution in [0.15, 0.2) is 12.2 Å². The summed E-state index contributed by atoms with van der Waals surface area (Å²) in [6.07, 6.45) is 2.75. The van der Waals surface area contributed by atoms with Crippen LogP contribution in [0.3, 0.4) is 0 Å². The Hall–Kier alpha value is -0.590. The van der Waals surface area contributed by atoms with Gasteiger partial charge in [-0.1, -0.05) is 34.8 Å². The smallest absolute Gasteiger partial charge is 0.157 e. The van der Waals surface area contributed by atoms with Gasteiger partial charge >= 0.3 is 0 Å². The van der Waals surface area contributed by atoms with E-state index in [2.05, 4.69) is 13.5 Å². The highest BCUT2D eigenvalue weighted by Gasteiger charge is 1.98. The van der Waals surface area contributed by atoms with Crippen LogP contribution in [-0.2, 0) is 4.79 Å². The van der Waals surface area contributed by atoms with Crippen LogP contribution in [0.4, 0.5) is 0 Å². The maximum absolute atomic E-state index is 10.8. The van der Waals surface area contributed by atoms with E-state index in [9.17, 15) is 4.79 Å². The molecule has 0 rings (SSSR count). The molecule has 1 heteroatoms. The van der Waals surface area contributed by atoms with E-state index in [0.717, 1.165) is 12.8 Å². The van der Waals surface area contributed by atoms with Crippen molar-refractivity contribution >= 4 is 5.78 Å². The maximum Gasteiger partial charge on any atom is 0.157 e. The summed E-state index contributed by atoms with van der Waals surface area (Å²) in [5.41, 5.74) is 0.684. The highest BCUT2D eigenvalue weighted by molar-refractivity contribution is 5.93. The molecule has 0 aliphatic rings. The largest absolute Gasteiger partial charge is 0.295 e. The number of ketones is 1. The van der Waals surface area contributed by atoms with Crippen molar-refractivity contribution in [3.63, 3.8) is 0 Å². The predicted octanol–water partition coefficient (Wildman–Crippen LogP) is 3.59. The predicted molar refractivity (Wildman–Crippen MR) is 52.8 cm³/mol. The van der Waals surface area contributed by atoms with E-state index in [1.165, 1.54) is 0 Å². The first kappa shape index (κ1) is 16.8. The minimum atomic E-state index is 0. The molecule has 0 atom stereocenters. The molecule has 0 aromatic rings. The maximum atomic E-state index is 10.8. The Bertz CT molecular complexity index is 114. The normalized spacial score (nSPS) is 7.45. The molecule has 0 fully saturated rings. The van der Waals surface area contributed by atoms with Crippen molar-refractivity contribution < 1.29 is 4.79 Å². The van der Waals surface area contributed by atoms with Crippen LogP contribution < -0.4 is 0 Å². The Balaban J connectivity index is -0.000000320. The fourth-order valence-electron chi connectivity index (χ4n) is 0.551. The van der Waals surface area contributed by atoms with E-state index < -0.39 is 0 Å². The van der Waals surface area contributed by atoms with Crippen LogP contribution in [-0.4, -0.2) is 5.78 Å². The Kier molecular flexibility index (Phi) is 14.4. The van der Waals surface area contributed by atoms with Gasteiger partial charge in [0.1, 0.15) is 0 Å². The summed E-state index contributed by atoms with van der Waals surface area (Å²) < 4.78 is 0. The summed E-state index contributed by atoms with van der Waals surface area (Å²) in [5.74, 6) is 0.205. The number of unbranched alkanes of at least 4 members (excludes halogenated alkanes) is 1. The second kappa shape index (κ2) is 9.41. The lowest BCUT2D eigenvalue weighted by Crippen LogP contribution is -1.96. The van der Waals surface area contributed by atoms with Crippen molar-refractivity contribution in [1.82, 2.24) is 0 Å². The van der Waals surface area contributed by atoms with E-state index in [0.29, 0.717) is 12.0 Å². The topological polar surface area (TPSA) is 17.1 Å². The van der Waals surface area contributed by atoms with Gasteiger partial charge < -0.3 is 0 Å². The van der Waals surface area contributed by atoms with Crippen LogP contribution in [0.5, 0.6) is 0 Å². The first-order valence-corrected chi connectivity index (χ1v) is 3.37. The molecule has 0 amide bonds. The molecule has 0 saturated carbocycles. The summed E-state index contributed by atoms with van der Waals surface area (Å²) >= 11 is 0. The van der Waals surface area contributed by atoms with Gasteiger partial charge in [-0.2, -0.15) is 0 Å². The molecular weight excluding hydrogens is 136 g/mol. The third-order valence-corrected chi connectivity index (χ3v) is 1.23. The van der Waals surface area contributed by atoms with Gasteiger partial charge in [-0.25, -0.2) is 0 Å². The van der Waals surface area contributed by atoms with Crippen molar-refractivity contribution in [2.75, 3.05) is 0 Å². The Morgan fingerprint density at radius 3 is 2.09 bits per heavy atom. The second-order valence-corrected chi connectivity index (χ2v) is 2.31. The van der Waals surface area contributed by atoms with Gasteiger partial charge in [-0.15, -0.1) is 0 Å². The summed E-state index contributed by atoms with van der Waals surface area (Å²) in [4.78, 5) is 10.8. The fraction of sp³-hybridized carbons (Fsp3) is 0.700. The monoisotopic (exact) mass is 158 g/mol. The molecule has 0 unspecified atom stereocenters. The van der Waals surface area contributed by atoms with Crippen LogP contribution in [0, 0.1) is 0 Å². The summed E-state index contributed by atoms with van der Waals surface area (Å²) in [7, 11) is 0. The molecule has 0 aliphatic heterocycles. The quantitative estimate of drug-likeness (QED) is 0.571. The highest BCUT2D eigenvalue weighted by atomic mass is 16.1. The average Bonchev–Trinajstić information content (AvgIpc) is 1.82. The van der Waals surface area contributed by atoms with Crippen LogP contribution >= 0.6 is 0 Å². The fourth-order valence-corrected chi connectivity index (χ4v) is 0.551. The zero-order valence-corrected chi connectivity index (χ0v) is 6.24. The lowest BCUT2D eigenvalue weighted by molar-refractivity contribution is -0.115. The van der Waals surface area contributed by atoms with Crippen molar-refractivity contribution in [2.45, 2.75) is 48.0 Å². The Labute approximate surface area is 71.5 Å². The number of carbonyl (C=O) groups excluding carboxylic acids is 1. The molecule has 0 radical (unpaired) electrons. The van der Waals surface area contributed by atoms with Gasteiger partial charge in [0.05, 0.1) is 0 Å². The minimum Gasteiger partial charge on any atom is -0.295 e. The van der Waals surface area contributed by atoms with E-state index >= 15 is 0 Å². The number of carbonyl (C=O) groups is 1. The molecule has 1 nitrogen and oxygen atoms in total. The van der Waals surface area contributed by atoms with Gasteiger partial charge in [0.2, 0.25) is 0 Å². The molecule has 0 heterocycles. The number of Topliss-reactive ketones (excluding diaryl/α,β-unsaturated/α-hetero) is 1. The molecule has 11 heavy (non-hydrogen) atoms. The average molecular weight is 158 g/mol. The molecule has 0 spiro atoms.